The van der Waals surface area contributed by atoms with Crippen molar-refractivity contribution in [3.63, 3.8) is 0 Å². The monoisotopic (exact) mass is 392 g/mol. The van der Waals surface area contributed by atoms with Crippen LogP contribution in [0, 0.1) is 0 Å². The van der Waals surface area contributed by atoms with Gasteiger partial charge in [0.15, 0.2) is 17.1 Å². The largest absolute Gasteiger partial charge is 0.461 e. The van der Waals surface area contributed by atoms with E-state index in [4.69, 9.17) is 13.7 Å². The molecule has 146 valence electrons. The molecule has 9 nitrogen and oxygen atoms in total. The molecule has 0 saturated heterocycles. The predicted molar refractivity (Wildman–Crippen MR) is 102 cm³/mol. The molecule has 29 heavy (non-hydrogen) atoms. The Bertz CT molecular complexity index is 1130. The molecule has 0 spiro atoms. The number of ether oxygens (including phenoxy) is 1. The van der Waals surface area contributed by atoms with Crippen LogP contribution in [0.3, 0.4) is 0 Å². The first kappa shape index (κ1) is 18.2. The van der Waals surface area contributed by atoms with E-state index in [2.05, 4.69) is 15.6 Å². The van der Waals surface area contributed by atoms with Crippen LogP contribution in [-0.2, 0) is 4.74 Å². The second-order valence-corrected chi connectivity index (χ2v) is 5.92. The van der Waals surface area contributed by atoms with Gasteiger partial charge >= 0.3 is 5.97 Å². The summed E-state index contributed by atoms with van der Waals surface area (Å²) < 4.78 is 16.8. The molecule has 1 N–H and O–H groups in total. The third-order valence-corrected chi connectivity index (χ3v) is 3.97. The molecule has 4 aromatic rings. The van der Waals surface area contributed by atoms with Crippen molar-refractivity contribution in [3.05, 3.63) is 72.4 Å². The Balaban J connectivity index is 1.43. The normalized spacial score (nSPS) is 10.7. The second-order valence-electron chi connectivity index (χ2n) is 5.92. The van der Waals surface area contributed by atoms with Gasteiger partial charge in [0.2, 0.25) is 5.76 Å². The first-order valence-electron chi connectivity index (χ1n) is 8.79. The molecule has 0 aliphatic carbocycles. The van der Waals surface area contributed by atoms with Gasteiger partial charge in [0.25, 0.3) is 5.91 Å². The number of anilines is 1. The van der Waals surface area contributed by atoms with Crippen LogP contribution in [0.2, 0.25) is 0 Å². The van der Waals surface area contributed by atoms with Gasteiger partial charge in [-0.25, -0.2) is 9.48 Å². The van der Waals surface area contributed by atoms with Crippen LogP contribution in [0.25, 0.3) is 17.2 Å². The van der Waals surface area contributed by atoms with E-state index in [0.717, 1.165) is 5.69 Å². The molecular formula is C20H16N4O5. The quantitative estimate of drug-likeness (QED) is 0.499. The maximum atomic E-state index is 12.4. The summed E-state index contributed by atoms with van der Waals surface area (Å²) in [5.41, 5.74) is 1.65. The van der Waals surface area contributed by atoms with Crippen LogP contribution >= 0.6 is 0 Å². The van der Waals surface area contributed by atoms with E-state index in [1.165, 1.54) is 12.3 Å². The van der Waals surface area contributed by atoms with Gasteiger partial charge in [0, 0.05) is 18.0 Å². The second kappa shape index (κ2) is 7.85. The molecule has 3 aromatic heterocycles. The predicted octanol–water partition coefficient (Wildman–Crippen LogP) is 3.55. The standard InChI is InChI=1S/C20H16N4O5/c1-2-27-20(26)15-9-10-24(22-15)14-7-5-13(6-8-14)21-19(25)16-12-18(29-23-16)17-4-3-11-28-17/h3-12H,2H2,1H3,(H,21,25). The van der Waals surface area contributed by atoms with Gasteiger partial charge in [-0.15, -0.1) is 0 Å². The van der Waals surface area contributed by atoms with Gasteiger partial charge < -0.3 is 19.0 Å². The molecule has 3 heterocycles. The first-order chi connectivity index (χ1) is 14.1. The SMILES string of the molecule is CCOC(=O)c1ccn(-c2ccc(NC(=O)c3cc(-c4ccco4)on3)cc2)n1. The van der Waals surface area contributed by atoms with Crippen LogP contribution in [0.5, 0.6) is 0 Å². The summed E-state index contributed by atoms with van der Waals surface area (Å²) in [7, 11) is 0. The summed E-state index contributed by atoms with van der Waals surface area (Å²) in [6.45, 7) is 2.02. The number of nitrogens with one attached hydrogen (secondary N) is 1. The van der Waals surface area contributed by atoms with E-state index < -0.39 is 11.9 Å². The first-order valence-corrected chi connectivity index (χ1v) is 8.79. The van der Waals surface area contributed by atoms with Gasteiger partial charge in [-0.05, 0) is 49.4 Å². The number of amides is 1. The summed E-state index contributed by atoms with van der Waals surface area (Å²) >= 11 is 0. The van der Waals surface area contributed by atoms with Crippen molar-refractivity contribution in [1.29, 1.82) is 0 Å². The molecule has 0 atom stereocenters. The molecule has 0 saturated carbocycles. The highest BCUT2D eigenvalue weighted by molar-refractivity contribution is 6.03. The number of hydrogen-bond donors (Lipinski definition) is 1. The van der Waals surface area contributed by atoms with Crippen molar-refractivity contribution in [3.8, 4) is 17.2 Å². The molecule has 0 aliphatic rings. The highest BCUT2D eigenvalue weighted by Gasteiger charge is 2.15. The fourth-order valence-electron chi connectivity index (χ4n) is 2.59. The van der Waals surface area contributed by atoms with Gasteiger partial charge in [-0.3, -0.25) is 4.79 Å². The van der Waals surface area contributed by atoms with E-state index in [9.17, 15) is 9.59 Å². The summed E-state index contributed by atoms with van der Waals surface area (Å²) in [4.78, 5) is 24.1. The minimum absolute atomic E-state index is 0.131. The maximum absolute atomic E-state index is 12.4. The number of rotatable bonds is 6. The third-order valence-electron chi connectivity index (χ3n) is 3.97. The molecule has 9 heteroatoms. The van der Waals surface area contributed by atoms with Crippen LogP contribution in [-0.4, -0.2) is 33.4 Å². The van der Waals surface area contributed by atoms with Crippen molar-refractivity contribution in [2.24, 2.45) is 0 Å². The number of carbonyl (C=O) groups excluding carboxylic acids is 2. The smallest absolute Gasteiger partial charge is 0.358 e. The van der Waals surface area contributed by atoms with Crippen molar-refractivity contribution in [1.82, 2.24) is 14.9 Å². The Kier molecular flexibility index (Phi) is 4.93. The van der Waals surface area contributed by atoms with Gasteiger partial charge in [-0.2, -0.15) is 5.10 Å². The van der Waals surface area contributed by atoms with Gasteiger partial charge in [-0.1, -0.05) is 5.16 Å². The zero-order valence-electron chi connectivity index (χ0n) is 15.4. The van der Waals surface area contributed by atoms with E-state index in [1.807, 2.05) is 0 Å². The van der Waals surface area contributed by atoms with Gasteiger partial charge in [0.1, 0.15) is 0 Å². The lowest BCUT2D eigenvalue weighted by molar-refractivity contribution is 0.0519. The lowest BCUT2D eigenvalue weighted by Crippen LogP contribution is -2.12. The lowest BCUT2D eigenvalue weighted by atomic mass is 10.2. The Morgan fingerprint density at radius 1 is 1.10 bits per heavy atom. The number of nitrogens with zero attached hydrogens (tertiary/aromatic N) is 3. The van der Waals surface area contributed by atoms with Crippen LogP contribution < -0.4 is 5.32 Å². The van der Waals surface area contributed by atoms with Crippen LogP contribution in [0.1, 0.15) is 27.9 Å². The van der Waals surface area contributed by atoms with Crippen LogP contribution in [0.4, 0.5) is 5.69 Å². The number of hydrogen-bond acceptors (Lipinski definition) is 7. The summed E-state index contributed by atoms with van der Waals surface area (Å²) in [5, 5.41) is 10.7. The molecule has 0 unspecified atom stereocenters. The van der Waals surface area contributed by atoms with Crippen molar-refractivity contribution < 1.29 is 23.3 Å². The minimum Gasteiger partial charge on any atom is -0.461 e. The molecule has 0 aliphatic heterocycles. The number of aromatic nitrogens is 3. The van der Waals surface area contributed by atoms with E-state index in [0.29, 0.717) is 17.2 Å². The highest BCUT2D eigenvalue weighted by Crippen LogP contribution is 2.21. The Morgan fingerprint density at radius 3 is 2.66 bits per heavy atom. The number of furan rings is 1. The summed E-state index contributed by atoms with van der Waals surface area (Å²) in [6.07, 6.45) is 3.17. The topological polar surface area (TPSA) is 112 Å². The molecular weight excluding hydrogens is 376 g/mol. The molecule has 0 radical (unpaired) electrons. The molecule has 4 rings (SSSR count). The average Bonchev–Trinajstić information content (AvgIpc) is 3.49. The molecule has 1 aromatic carbocycles. The number of benzene rings is 1. The summed E-state index contributed by atoms with van der Waals surface area (Å²) in [5.74, 6) is -0.0337. The van der Waals surface area contributed by atoms with Crippen molar-refractivity contribution >= 4 is 17.6 Å². The summed E-state index contributed by atoms with van der Waals surface area (Å²) in [6, 6.07) is 13.5. The van der Waals surface area contributed by atoms with Crippen molar-refractivity contribution in [2.45, 2.75) is 6.92 Å². The lowest BCUT2D eigenvalue weighted by Gasteiger charge is -2.05. The maximum Gasteiger partial charge on any atom is 0.358 e. The average molecular weight is 392 g/mol. The van der Waals surface area contributed by atoms with Crippen molar-refractivity contribution in [2.75, 3.05) is 11.9 Å². The van der Waals surface area contributed by atoms with E-state index in [-0.39, 0.29) is 18.0 Å². The zero-order chi connectivity index (χ0) is 20.2. The third kappa shape index (κ3) is 3.93. The molecule has 0 bridgehead atoms. The Morgan fingerprint density at radius 2 is 1.93 bits per heavy atom. The number of carbonyl (C=O) groups is 2. The molecule has 1 amide bonds. The fourth-order valence-corrected chi connectivity index (χ4v) is 2.59. The zero-order valence-corrected chi connectivity index (χ0v) is 15.4. The Hall–Kier alpha value is -4.14. The number of esters is 1. The minimum atomic E-state index is -0.475. The van der Waals surface area contributed by atoms with Gasteiger partial charge in [0.05, 0.1) is 18.6 Å². The highest BCUT2D eigenvalue weighted by atomic mass is 16.5. The van der Waals surface area contributed by atoms with E-state index >= 15 is 0 Å². The van der Waals surface area contributed by atoms with Crippen LogP contribution in [0.15, 0.2) is 69.9 Å². The molecule has 0 fully saturated rings. The fraction of sp³-hybridized carbons (Fsp3) is 0.100. The Labute approximate surface area is 164 Å². The van der Waals surface area contributed by atoms with E-state index in [1.54, 1.807) is 60.3 Å².